The maximum atomic E-state index is 12.6. The third kappa shape index (κ3) is 2.96. The molecule has 0 aromatic heterocycles. The highest BCUT2D eigenvalue weighted by Crippen LogP contribution is 2.16. The van der Waals surface area contributed by atoms with Gasteiger partial charge in [0, 0.05) is 25.2 Å². The summed E-state index contributed by atoms with van der Waals surface area (Å²) >= 11 is 0. The topological polar surface area (TPSA) is 57.7 Å². The first-order chi connectivity index (χ1) is 10.1. The van der Waals surface area contributed by atoms with E-state index in [0.29, 0.717) is 31.6 Å². The van der Waals surface area contributed by atoms with Crippen molar-refractivity contribution in [3.63, 3.8) is 0 Å². The average Bonchev–Trinajstić information content (AvgIpc) is 2.53. The van der Waals surface area contributed by atoms with E-state index >= 15 is 0 Å². The molecule has 1 saturated heterocycles. The van der Waals surface area contributed by atoms with E-state index in [9.17, 15) is 14.4 Å². The average molecular weight is 288 g/mol. The molecule has 5 nitrogen and oxygen atoms in total. The molecule has 1 unspecified atom stereocenters. The number of carbonyl (C=O) groups excluding carboxylic acids is 3. The Morgan fingerprint density at radius 1 is 1.10 bits per heavy atom. The van der Waals surface area contributed by atoms with Crippen molar-refractivity contribution >= 4 is 17.6 Å². The summed E-state index contributed by atoms with van der Waals surface area (Å²) in [6.45, 7) is 5.11. The molecule has 0 saturated carbocycles. The third-order valence-electron chi connectivity index (χ3n) is 3.85. The number of Topliss-reactive ketones (excluding diaryl/α,β-unsaturated/α-hetero) is 1. The van der Waals surface area contributed by atoms with E-state index in [0.717, 1.165) is 0 Å². The Bertz CT molecular complexity index is 542. The van der Waals surface area contributed by atoms with Gasteiger partial charge >= 0.3 is 11.8 Å². The molecule has 1 aromatic carbocycles. The number of hydrogen-bond acceptors (Lipinski definition) is 3. The number of nitrogens with zero attached hydrogens (tertiary/aromatic N) is 2. The van der Waals surface area contributed by atoms with E-state index in [1.165, 1.54) is 9.80 Å². The predicted molar refractivity (Wildman–Crippen MR) is 78.8 cm³/mol. The fourth-order valence-electron chi connectivity index (χ4n) is 2.63. The molecule has 0 aliphatic carbocycles. The predicted octanol–water partition coefficient (Wildman–Crippen LogP) is 1.34. The van der Waals surface area contributed by atoms with Crippen molar-refractivity contribution in [2.75, 3.05) is 19.6 Å². The number of benzene rings is 1. The Balaban J connectivity index is 2.20. The highest BCUT2D eigenvalue weighted by Gasteiger charge is 2.37. The summed E-state index contributed by atoms with van der Waals surface area (Å²) in [5.74, 6) is -1.19. The van der Waals surface area contributed by atoms with E-state index in [1.807, 2.05) is 19.9 Å². The standard InChI is InChI=1S/C16H20N2O3/c1-3-13(14(19)12-8-6-5-7-9-12)18-11-10-17(4-2)15(20)16(18)21/h5-9,13H,3-4,10-11H2,1-2H3. The lowest BCUT2D eigenvalue weighted by Crippen LogP contribution is -2.58. The van der Waals surface area contributed by atoms with Crippen LogP contribution in [0.15, 0.2) is 30.3 Å². The van der Waals surface area contributed by atoms with Crippen molar-refractivity contribution in [1.82, 2.24) is 9.80 Å². The van der Waals surface area contributed by atoms with Crippen LogP contribution in [0.2, 0.25) is 0 Å². The zero-order chi connectivity index (χ0) is 15.4. The number of ketones is 1. The summed E-state index contributed by atoms with van der Waals surface area (Å²) in [7, 11) is 0. The van der Waals surface area contributed by atoms with Crippen LogP contribution in [0.5, 0.6) is 0 Å². The number of piperazine rings is 1. The number of likely N-dealkylation sites (N-methyl/N-ethyl adjacent to an activating group) is 1. The van der Waals surface area contributed by atoms with Crippen LogP contribution in [-0.4, -0.2) is 53.1 Å². The molecule has 1 fully saturated rings. The molecule has 1 atom stereocenters. The first-order valence-electron chi connectivity index (χ1n) is 7.29. The van der Waals surface area contributed by atoms with Crippen LogP contribution in [-0.2, 0) is 9.59 Å². The first-order valence-corrected chi connectivity index (χ1v) is 7.29. The van der Waals surface area contributed by atoms with Gasteiger partial charge in [-0.25, -0.2) is 0 Å². The first kappa shape index (κ1) is 15.2. The summed E-state index contributed by atoms with van der Waals surface area (Å²) in [5.41, 5.74) is 0.572. The van der Waals surface area contributed by atoms with Gasteiger partial charge in [0.1, 0.15) is 0 Å². The van der Waals surface area contributed by atoms with E-state index in [-0.39, 0.29) is 5.78 Å². The van der Waals surface area contributed by atoms with Gasteiger partial charge in [0.25, 0.3) is 0 Å². The number of amides is 2. The molecule has 0 bridgehead atoms. The Labute approximate surface area is 124 Å². The van der Waals surface area contributed by atoms with Crippen LogP contribution < -0.4 is 0 Å². The molecular weight excluding hydrogens is 268 g/mol. The van der Waals surface area contributed by atoms with Crippen molar-refractivity contribution in [2.45, 2.75) is 26.3 Å². The highest BCUT2D eigenvalue weighted by atomic mass is 16.2. The molecule has 1 aliphatic rings. The third-order valence-corrected chi connectivity index (χ3v) is 3.85. The molecule has 1 aliphatic heterocycles. The van der Waals surface area contributed by atoms with Crippen molar-refractivity contribution in [1.29, 1.82) is 0 Å². The Morgan fingerprint density at radius 3 is 2.33 bits per heavy atom. The summed E-state index contributed by atoms with van der Waals surface area (Å²) in [5, 5.41) is 0. The van der Waals surface area contributed by atoms with Crippen LogP contribution in [0.25, 0.3) is 0 Å². The molecule has 0 spiro atoms. The van der Waals surface area contributed by atoms with Gasteiger partial charge < -0.3 is 9.80 Å². The van der Waals surface area contributed by atoms with Gasteiger partial charge in [0.05, 0.1) is 6.04 Å². The minimum absolute atomic E-state index is 0.107. The van der Waals surface area contributed by atoms with Crippen LogP contribution in [0, 0.1) is 0 Å². The fraction of sp³-hybridized carbons (Fsp3) is 0.438. The second-order valence-electron chi connectivity index (χ2n) is 5.04. The van der Waals surface area contributed by atoms with Crippen molar-refractivity contribution in [2.24, 2.45) is 0 Å². The normalized spacial score (nSPS) is 17.0. The summed E-state index contributed by atoms with van der Waals surface area (Å²) in [4.78, 5) is 39.7. The molecule has 0 N–H and O–H groups in total. The fourth-order valence-corrected chi connectivity index (χ4v) is 2.63. The molecule has 5 heteroatoms. The van der Waals surface area contributed by atoms with Crippen LogP contribution in [0.1, 0.15) is 30.6 Å². The lowest BCUT2D eigenvalue weighted by atomic mass is 10.00. The van der Waals surface area contributed by atoms with Crippen molar-refractivity contribution < 1.29 is 14.4 Å². The van der Waals surface area contributed by atoms with Crippen LogP contribution >= 0.6 is 0 Å². The number of hydrogen-bond donors (Lipinski definition) is 0. The van der Waals surface area contributed by atoms with E-state index < -0.39 is 17.9 Å². The van der Waals surface area contributed by atoms with Gasteiger partial charge in [-0.15, -0.1) is 0 Å². The molecule has 0 radical (unpaired) electrons. The molecule has 112 valence electrons. The van der Waals surface area contributed by atoms with Gasteiger partial charge in [0.2, 0.25) is 0 Å². The van der Waals surface area contributed by atoms with Crippen molar-refractivity contribution in [3.05, 3.63) is 35.9 Å². The molecular formula is C16H20N2O3. The molecule has 2 rings (SSSR count). The molecule has 1 heterocycles. The van der Waals surface area contributed by atoms with Gasteiger partial charge in [-0.1, -0.05) is 37.3 Å². The minimum atomic E-state index is -0.570. The molecule has 2 amide bonds. The Hall–Kier alpha value is -2.17. The maximum Gasteiger partial charge on any atom is 0.312 e. The van der Waals surface area contributed by atoms with Crippen molar-refractivity contribution in [3.8, 4) is 0 Å². The second-order valence-corrected chi connectivity index (χ2v) is 5.04. The summed E-state index contributed by atoms with van der Waals surface area (Å²) in [6, 6.07) is 8.33. The van der Waals surface area contributed by atoms with Gasteiger partial charge in [-0.3, -0.25) is 14.4 Å². The monoisotopic (exact) mass is 288 g/mol. The Kier molecular flexibility index (Phi) is 4.73. The number of rotatable bonds is 5. The van der Waals surface area contributed by atoms with Gasteiger partial charge in [0.15, 0.2) is 5.78 Å². The van der Waals surface area contributed by atoms with Crippen LogP contribution in [0.4, 0.5) is 0 Å². The lowest BCUT2D eigenvalue weighted by Gasteiger charge is -2.37. The molecule has 1 aromatic rings. The van der Waals surface area contributed by atoms with Gasteiger partial charge in [-0.05, 0) is 13.3 Å². The lowest BCUT2D eigenvalue weighted by molar-refractivity contribution is -0.156. The largest absolute Gasteiger partial charge is 0.333 e. The van der Waals surface area contributed by atoms with E-state index in [4.69, 9.17) is 0 Å². The minimum Gasteiger partial charge on any atom is -0.333 e. The SMILES string of the molecule is CCC(C(=O)c1ccccc1)N1CCN(CC)C(=O)C1=O. The summed E-state index contributed by atoms with van der Waals surface area (Å²) in [6.07, 6.45) is 0.499. The zero-order valence-electron chi connectivity index (χ0n) is 12.4. The van der Waals surface area contributed by atoms with Gasteiger partial charge in [-0.2, -0.15) is 0 Å². The summed E-state index contributed by atoms with van der Waals surface area (Å²) < 4.78 is 0. The van der Waals surface area contributed by atoms with E-state index in [2.05, 4.69) is 0 Å². The smallest absolute Gasteiger partial charge is 0.312 e. The maximum absolute atomic E-state index is 12.6. The number of carbonyl (C=O) groups is 3. The van der Waals surface area contributed by atoms with Crippen LogP contribution in [0.3, 0.4) is 0 Å². The quantitative estimate of drug-likeness (QED) is 0.607. The second kappa shape index (κ2) is 6.52. The van der Waals surface area contributed by atoms with E-state index in [1.54, 1.807) is 24.3 Å². The zero-order valence-corrected chi connectivity index (χ0v) is 12.4. The highest BCUT2D eigenvalue weighted by molar-refractivity contribution is 6.36. The Morgan fingerprint density at radius 2 is 1.76 bits per heavy atom. The molecule has 21 heavy (non-hydrogen) atoms.